The van der Waals surface area contributed by atoms with Gasteiger partial charge in [-0.1, -0.05) is 41.6 Å². The van der Waals surface area contributed by atoms with E-state index >= 15 is 0 Å². The number of hydrogen-bond donors (Lipinski definition) is 1. The molecule has 1 N–H and O–H groups in total. The van der Waals surface area contributed by atoms with Crippen molar-refractivity contribution in [2.45, 2.75) is 13.8 Å². The number of nitrogens with one attached hydrogen (secondary N) is 1. The van der Waals surface area contributed by atoms with Crippen molar-refractivity contribution in [2.24, 2.45) is 7.05 Å². The lowest BCUT2D eigenvalue weighted by atomic mass is 10.0. The second kappa shape index (κ2) is 9.10. The van der Waals surface area contributed by atoms with Gasteiger partial charge in [0.2, 0.25) is 0 Å². The smallest absolute Gasteiger partial charge is 0.339 e. The fourth-order valence-electron chi connectivity index (χ4n) is 4.25. The summed E-state index contributed by atoms with van der Waals surface area (Å²) < 4.78 is 8.02. The van der Waals surface area contributed by atoms with Crippen LogP contribution in [-0.4, -0.2) is 37.9 Å². The number of hydrogen-bond acceptors (Lipinski definition) is 7. The van der Waals surface area contributed by atoms with E-state index in [1.807, 2.05) is 61.0 Å². The van der Waals surface area contributed by atoms with E-state index in [0.717, 1.165) is 28.1 Å². The molecule has 36 heavy (non-hydrogen) atoms. The maximum absolute atomic E-state index is 12.8. The van der Waals surface area contributed by atoms with Gasteiger partial charge in [0.25, 0.3) is 5.56 Å². The van der Waals surface area contributed by atoms with Gasteiger partial charge in [0.05, 0.1) is 35.1 Å². The molecular weight excluding hydrogens is 456 g/mol. The standard InChI is InChI=1S/C27H24N6O3/c1-16-9-5-8-12-23(16)33-25(28-21-11-7-6-10-19(21)27(35)36-4)24(17(2)30-33)18-13-14-22-20(15-18)26(34)32(3)31-29-22/h5-15,28H,1-4H3. The summed E-state index contributed by atoms with van der Waals surface area (Å²) in [5.41, 5.74) is 5.46. The molecule has 9 nitrogen and oxygen atoms in total. The number of carbonyl (C=O) groups excluding carboxylic acids is 1. The van der Waals surface area contributed by atoms with Gasteiger partial charge in [-0.3, -0.25) is 4.79 Å². The van der Waals surface area contributed by atoms with Crippen molar-refractivity contribution in [2.75, 3.05) is 12.4 Å². The van der Waals surface area contributed by atoms with Gasteiger partial charge in [0, 0.05) is 12.6 Å². The number of aromatic nitrogens is 5. The van der Waals surface area contributed by atoms with Crippen LogP contribution in [0.15, 0.2) is 71.5 Å². The topological polar surface area (TPSA) is 104 Å². The van der Waals surface area contributed by atoms with Crippen LogP contribution >= 0.6 is 0 Å². The molecule has 0 spiro atoms. The maximum Gasteiger partial charge on any atom is 0.339 e. The highest BCUT2D eigenvalue weighted by Crippen LogP contribution is 2.37. The molecule has 0 unspecified atom stereocenters. The summed E-state index contributed by atoms with van der Waals surface area (Å²) in [7, 11) is 2.92. The number of carbonyl (C=O) groups is 1. The molecule has 2 aromatic heterocycles. The molecule has 0 aliphatic heterocycles. The van der Waals surface area contributed by atoms with Crippen molar-refractivity contribution >= 4 is 28.4 Å². The fraction of sp³-hybridized carbons (Fsp3) is 0.148. The van der Waals surface area contributed by atoms with E-state index in [9.17, 15) is 9.59 Å². The summed E-state index contributed by atoms with van der Waals surface area (Å²) in [5.74, 6) is 0.197. The molecule has 3 aromatic carbocycles. The van der Waals surface area contributed by atoms with Crippen molar-refractivity contribution in [3.05, 3.63) is 93.9 Å². The number of rotatable bonds is 5. The van der Waals surface area contributed by atoms with E-state index in [1.54, 1.807) is 31.3 Å². The lowest BCUT2D eigenvalue weighted by molar-refractivity contribution is 0.0602. The van der Waals surface area contributed by atoms with Crippen LogP contribution < -0.4 is 10.9 Å². The summed E-state index contributed by atoms with van der Waals surface area (Å²) in [6.07, 6.45) is 0. The number of ether oxygens (including phenoxy) is 1. The van der Waals surface area contributed by atoms with Gasteiger partial charge in [-0.25, -0.2) is 14.2 Å². The zero-order valence-corrected chi connectivity index (χ0v) is 20.3. The third-order valence-electron chi connectivity index (χ3n) is 6.09. The van der Waals surface area contributed by atoms with Crippen molar-refractivity contribution < 1.29 is 9.53 Å². The van der Waals surface area contributed by atoms with Crippen LogP contribution in [-0.2, 0) is 11.8 Å². The van der Waals surface area contributed by atoms with Gasteiger partial charge in [0.15, 0.2) is 0 Å². The Balaban J connectivity index is 1.77. The average Bonchev–Trinajstić information content (AvgIpc) is 3.21. The van der Waals surface area contributed by atoms with Gasteiger partial charge in [-0.05, 0) is 55.3 Å². The number of nitrogens with zero attached hydrogens (tertiary/aromatic N) is 5. The lowest BCUT2D eigenvalue weighted by Crippen LogP contribution is -2.20. The Bertz CT molecular complexity index is 1690. The Labute approximate surface area is 207 Å². The summed E-state index contributed by atoms with van der Waals surface area (Å²) in [6, 6.07) is 20.5. The zero-order chi connectivity index (χ0) is 25.4. The molecule has 0 saturated carbocycles. The molecule has 0 saturated heterocycles. The highest BCUT2D eigenvalue weighted by Gasteiger charge is 2.22. The van der Waals surface area contributed by atoms with Crippen LogP contribution in [0.4, 0.5) is 11.5 Å². The number of methoxy groups -OCH3 is 1. The number of anilines is 2. The summed E-state index contributed by atoms with van der Waals surface area (Å²) in [4.78, 5) is 25.2. The lowest BCUT2D eigenvalue weighted by Gasteiger charge is -2.16. The SMILES string of the molecule is COC(=O)c1ccccc1Nc1c(-c2ccc3nnn(C)c(=O)c3c2)c(C)nn1-c1ccccc1C. The van der Waals surface area contributed by atoms with Crippen LogP contribution in [0.3, 0.4) is 0 Å². The first-order valence-corrected chi connectivity index (χ1v) is 11.3. The molecule has 5 rings (SSSR count). The number of esters is 1. The summed E-state index contributed by atoms with van der Waals surface area (Å²) in [5, 5.41) is 16.7. The predicted molar refractivity (Wildman–Crippen MR) is 138 cm³/mol. The molecule has 2 heterocycles. The normalized spacial score (nSPS) is 11.0. The van der Waals surface area contributed by atoms with Gasteiger partial charge < -0.3 is 10.1 Å². The Kier molecular flexibility index (Phi) is 5.81. The molecule has 9 heteroatoms. The summed E-state index contributed by atoms with van der Waals surface area (Å²) in [6.45, 7) is 3.92. The molecule has 5 aromatic rings. The third kappa shape index (κ3) is 3.90. The minimum atomic E-state index is -0.453. The quantitative estimate of drug-likeness (QED) is 0.374. The van der Waals surface area contributed by atoms with Crippen molar-refractivity contribution in [1.82, 2.24) is 24.8 Å². The number of para-hydroxylation sites is 2. The van der Waals surface area contributed by atoms with Gasteiger partial charge in [-0.2, -0.15) is 5.10 Å². The van der Waals surface area contributed by atoms with Gasteiger partial charge in [-0.15, -0.1) is 5.10 Å². The van der Waals surface area contributed by atoms with E-state index in [0.29, 0.717) is 28.0 Å². The van der Waals surface area contributed by atoms with Crippen LogP contribution in [0.5, 0.6) is 0 Å². The predicted octanol–water partition coefficient (Wildman–Crippen LogP) is 4.33. The van der Waals surface area contributed by atoms with Crippen LogP contribution in [0.2, 0.25) is 0 Å². The Morgan fingerprint density at radius 3 is 2.53 bits per heavy atom. The largest absolute Gasteiger partial charge is 0.465 e. The second-order valence-corrected chi connectivity index (χ2v) is 8.42. The van der Waals surface area contributed by atoms with E-state index < -0.39 is 5.97 Å². The van der Waals surface area contributed by atoms with Gasteiger partial charge >= 0.3 is 5.97 Å². The first-order chi connectivity index (χ1) is 17.4. The van der Waals surface area contributed by atoms with E-state index in [4.69, 9.17) is 9.84 Å². The highest BCUT2D eigenvalue weighted by atomic mass is 16.5. The van der Waals surface area contributed by atoms with Crippen molar-refractivity contribution in [1.29, 1.82) is 0 Å². The van der Waals surface area contributed by atoms with Crippen LogP contribution in [0, 0.1) is 13.8 Å². The molecular formula is C27H24N6O3. The first kappa shape index (κ1) is 23.0. The molecule has 0 fully saturated rings. The van der Waals surface area contributed by atoms with Crippen molar-refractivity contribution in [3.63, 3.8) is 0 Å². The van der Waals surface area contributed by atoms with Gasteiger partial charge in [0.1, 0.15) is 11.3 Å². The Hall–Kier alpha value is -4.79. The van der Waals surface area contributed by atoms with E-state index in [1.165, 1.54) is 11.8 Å². The highest BCUT2D eigenvalue weighted by molar-refractivity contribution is 5.97. The Morgan fingerprint density at radius 1 is 1.00 bits per heavy atom. The molecule has 0 aliphatic carbocycles. The molecule has 0 amide bonds. The number of benzene rings is 3. The molecule has 0 aliphatic rings. The molecule has 0 atom stereocenters. The van der Waals surface area contributed by atoms with Crippen molar-refractivity contribution in [3.8, 4) is 16.8 Å². The third-order valence-corrected chi connectivity index (χ3v) is 6.09. The maximum atomic E-state index is 12.8. The number of aryl methyl sites for hydroxylation is 3. The average molecular weight is 481 g/mol. The molecule has 0 radical (unpaired) electrons. The monoisotopic (exact) mass is 480 g/mol. The van der Waals surface area contributed by atoms with E-state index in [-0.39, 0.29) is 5.56 Å². The van der Waals surface area contributed by atoms with E-state index in [2.05, 4.69) is 15.6 Å². The minimum Gasteiger partial charge on any atom is -0.465 e. The number of fused-ring (bicyclic) bond motifs is 1. The van der Waals surface area contributed by atoms with Crippen LogP contribution in [0.1, 0.15) is 21.6 Å². The van der Waals surface area contributed by atoms with Crippen LogP contribution in [0.25, 0.3) is 27.7 Å². The molecule has 180 valence electrons. The zero-order valence-electron chi connectivity index (χ0n) is 20.3. The molecule has 0 bridgehead atoms. The minimum absolute atomic E-state index is 0.239. The fourth-order valence-corrected chi connectivity index (χ4v) is 4.25. The Morgan fingerprint density at radius 2 is 1.75 bits per heavy atom. The second-order valence-electron chi connectivity index (χ2n) is 8.42. The summed E-state index contributed by atoms with van der Waals surface area (Å²) >= 11 is 0. The first-order valence-electron chi connectivity index (χ1n) is 11.3.